The summed E-state index contributed by atoms with van der Waals surface area (Å²) in [5, 5.41) is 3.08. The molecule has 1 amide bonds. The highest BCUT2D eigenvalue weighted by atomic mass is 19.1. The minimum atomic E-state index is -0.328. The molecule has 4 rings (SSSR count). The van der Waals surface area contributed by atoms with Crippen molar-refractivity contribution in [3.63, 3.8) is 0 Å². The number of halogens is 1. The Hall–Kier alpha value is -2.40. The van der Waals surface area contributed by atoms with Crippen molar-refractivity contribution in [1.29, 1.82) is 0 Å². The van der Waals surface area contributed by atoms with E-state index < -0.39 is 0 Å². The Labute approximate surface area is 166 Å². The second kappa shape index (κ2) is 8.31. The number of benzene rings is 2. The molecule has 0 spiro atoms. The van der Waals surface area contributed by atoms with Gasteiger partial charge in [0.15, 0.2) is 0 Å². The van der Waals surface area contributed by atoms with Gasteiger partial charge < -0.3 is 10.2 Å². The highest BCUT2D eigenvalue weighted by Crippen LogP contribution is 2.32. The molecule has 4 nitrogen and oxygen atoms in total. The fourth-order valence-electron chi connectivity index (χ4n) is 4.37. The van der Waals surface area contributed by atoms with Crippen LogP contribution in [0.25, 0.3) is 0 Å². The first-order valence-electron chi connectivity index (χ1n) is 10.2. The number of hydrogen-bond acceptors (Lipinski definition) is 3. The molecule has 1 fully saturated rings. The van der Waals surface area contributed by atoms with Gasteiger partial charge in [0.2, 0.25) is 0 Å². The molecule has 2 aliphatic heterocycles. The molecule has 0 radical (unpaired) electrons. The van der Waals surface area contributed by atoms with Crippen LogP contribution in [0.15, 0.2) is 42.5 Å². The molecule has 2 aromatic carbocycles. The normalized spacial score (nSPS) is 18.0. The summed E-state index contributed by atoms with van der Waals surface area (Å²) in [6.07, 6.45) is 4.76. The molecule has 2 aliphatic rings. The number of amides is 1. The lowest BCUT2D eigenvalue weighted by Crippen LogP contribution is -2.40. The molecule has 0 bridgehead atoms. The molecule has 0 saturated carbocycles. The molecule has 2 heterocycles. The van der Waals surface area contributed by atoms with E-state index in [1.54, 1.807) is 0 Å². The number of likely N-dealkylation sites (tertiary alicyclic amines) is 1. The Morgan fingerprint density at radius 3 is 2.57 bits per heavy atom. The van der Waals surface area contributed by atoms with Gasteiger partial charge in [0, 0.05) is 31.4 Å². The van der Waals surface area contributed by atoms with E-state index in [1.807, 2.05) is 0 Å². The number of carbonyl (C=O) groups excluding carboxylic acids is 1. The van der Waals surface area contributed by atoms with Crippen LogP contribution in [0.4, 0.5) is 10.1 Å². The summed E-state index contributed by atoms with van der Waals surface area (Å²) in [6, 6.07) is 12.6. The van der Waals surface area contributed by atoms with E-state index in [0.717, 1.165) is 26.1 Å². The van der Waals surface area contributed by atoms with Gasteiger partial charge in [0.25, 0.3) is 5.91 Å². The maximum absolute atomic E-state index is 13.1. The predicted molar refractivity (Wildman–Crippen MR) is 110 cm³/mol. The van der Waals surface area contributed by atoms with Gasteiger partial charge in [0.05, 0.1) is 6.04 Å². The first-order valence-corrected chi connectivity index (χ1v) is 10.2. The molecular formula is C23H28FN3O. The highest BCUT2D eigenvalue weighted by molar-refractivity contribution is 5.94. The number of fused-ring (bicyclic) bond motifs is 1. The molecule has 1 saturated heterocycles. The maximum atomic E-state index is 13.1. The van der Waals surface area contributed by atoms with E-state index in [9.17, 15) is 9.18 Å². The molecule has 0 aliphatic carbocycles. The number of hydrogen-bond donors (Lipinski definition) is 1. The SMILES string of the molecule is CN1CCc2cc([C@@H](CNC(=O)c3ccc(F)cc3)N3CCCCC3)ccc21. The van der Waals surface area contributed by atoms with E-state index in [4.69, 9.17) is 0 Å². The zero-order valence-corrected chi connectivity index (χ0v) is 16.5. The Bertz CT molecular complexity index is 830. The van der Waals surface area contributed by atoms with E-state index in [2.05, 4.69) is 40.4 Å². The van der Waals surface area contributed by atoms with Crippen LogP contribution < -0.4 is 10.2 Å². The van der Waals surface area contributed by atoms with Crippen molar-refractivity contribution in [3.05, 3.63) is 65.0 Å². The van der Waals surface area contributed by atoms with E-state index >= 15 is 0 Å². The Balaban J connectivity index is 1.52. The minimum Gasteiger partial charge on any atom is -0.374 e. The minimum absolute atomic E-state index is 0.150. The Kier molecular flexibility index (Phi) is 5.62. The molecule has 1 N–H and O–H groups in total. The molecular weight excluding hydrogens is 353 g/mol. The average molecular weight is 381 g/mol. The van der Waals surface area contributed by atoms with Gasteiger partial charge in [-0.15, -0.1) is 0 Å². The van der Waals surface area contributed by atoms with Crippen LogP contribution in [-0.2, 0) is 6.42 Å². The highest BCUT2D eigenvalue weighted by Gasteiger charge is 2.25. The summed E-state index contributed by atoms with van der Waals surface area (Å²) < 4.78 is 13.1. The molecule has 0 unspecified atom stereocenters. The third-order valence-corrected chi connectivity index (χ3v) is 6.01. The second-order valence-corrected chi connectivity index (χ2v) is 7.89. The second-order valence-electron chi connectivity index (χ2n) is 7.89. The number of anilines is 1. The van der Waals surface area contributed by atoms with Crippen molar-refractivity contribution in [3.8, 4) is 0 Å². The van der Waals surface area contributed by atoms with Crippen LogP contribution in [0.2, 0.25) is 0 Å². The van der Waals surface area contributed by atoms with Crippen molar-refractivity contribution in [2.75, 3.05) is 38.1 Å². The van der Waals surface area contributed by atoms with Gasteiger partial charge >= 0.3 is 0 Å². The van der Waals surface area contributed by atoms with Crippen molar-refractivity contribution in [2.24, 2.45) is 0 Å². The van der Waals surface area contributed by atoms with Crippen molar-refractivity contribution in [2.45, 2.75) is 31.7 Å². The van der Waals surface area contributed by atoms with Crippen molar-refractivity contribution in [1.82, 2.24) is 10.2 Å². The van der Waals surface area contributed by atoms with Crippen molar-refractivity contribution >= 4 is 11.6 Å². The number of carbonyl (C=O) groups is 1. The van der Waals surface area contributed by atoms with Crippen LogP contribution in [0.5, 0.6) is 0 Å². The van der Waals surface area contributed by atoms with Gasteiger partial charge in [-0.2, -0.15) is 0 Å². The number of nitrogens with zero attached hydrogens (tertiary/aromatic N) is 2. The summed E-state index contributed by atoms with van der Waals surface area (Å²) in [5.41, 5.74) is 4.48. The number of nitrogens with one attached hydrogen (secondary N) is 1. The third kappa shape index (κ3) is 4.04. The van der Waals surface area contributed by atoms with E-state index in [1.165, 1.54) is 60.3 Å². The first kappa shape index (κ1) is 18.9. The smallest absolute Gasteiger partial charge is 0.251 e. The lowest BCUT2D eigenvalue weighted by molar-refractivity contribution is 0.0924. The predicted octanol–water partition coefficient (Wildman–Crippen LogP) is 3.78. The molecule has 1 atom stereocenters. The Morgan fingerprint density at radius 2 is 1.82 bits per heavy atom. The number of rotatable bonds is 5. The summed E-state index contributed by atoms with van der Waals surface area (Å²) in [4.78, 5) is 17.3. The quantitative estimate of drug-likeness (QED) is 0.856. The zero-order chi connectivity index (χ0) is 19.5. The van der Waals surface area contributed by atoms with Crippen LogP contribution in [0.1, 0.15) is 46.8 Å². The topological polar surface area (TPSA) is 35.6 Å². The standard InChI is InChI=1S/C23H28FN3O/c1-26-14-11-19-15-18(7-10-21(19)26)22(27-12-3-2-4-13-27)16-25-23(28)17-5-8-20(24)9-6-17/h5-10,15,22H,2-4,11-14,16H2,1H3,(H,25,28)/t22-/m1/s1. The van der Waals surface area contributed by atoms with Gasteiger partial charge in [-0.05, 0) is 73.8 Å². The summed E-state index contributed by atoms with van der Waals surface area (Å²) in [5.74, 6) is -0.478. The summed E-state index contributed by atoms with van der Waals surface area (Å²) >= 11 is 0. The van der Waals surface area contributed by atoms with E-state index in [-0.39, 0.29) is 17.8 Å². The zero-order valence-electron chi connectivity index (χ0n) is 16.5. The largest absolute Gasteiger partial charge is 0.374 e. The summed E-state index contributed by atoms with van der Waals surface area (Å²) in [6.45, 7) is 3.75. The van der Waals surface area contributed by atoms with Gasteiger partial charge in [-0.3, -0.25) is 9.69 Å². The third-order valence-electron chi connectivity index (χ3n) is 6.01. The summed E-state index contributed by atoms with van der Waals surface area (Å²) in [7, 11) is 2.14. The lowest BCUT2D eigenvalue weighted by Gasteiger charge is -2.35. The van der Waals surface area contributed by atoms with Crippen LogP contribution in [-0.4, -0.2) is 44.0 Å². The molecule has 0 aromatic heterocycles. The van der Waals surface area contributed by atoms with Crippen molar-refractivity contribution < 1.29 is 9.18 Å². The molecule has 28 heavy (non-hydrogen) atoms. The molecule has 2 aromatic rings. The van der Waals surface area contributed by atoms with Gasteiger partial charge in [0.1, 0.15) is 5.82 Å². The van der Waals surface area contributed by atoms with E-state index in [0.29, 0.717) is 12.1 Å². The van der Waals surface area contributed by atoms with Crippen LogP contribution in [0.3, 0.4) is 0 Å². The van der Waals surface area contributed by atoms with Gasteiger partial charge in [-0.25, -0.2) is 4.39 Å². The first-order chi connectivity index (χ1) is 13.6. The fraction of sp³-hybridized carbons (Fsp3) is 0.435. The maximum Gasteiger partial charge on any atom is 0.251 e. The Morgan fingerprint density at radius 1 is 1.07 bits per heavy atom. The fourth-order valence-corrected chi connectivity index (χ4v) is 4.37. The number of piperidine rings is 1. The van der Waals surface area contributed by atoms with Crippen LogP contribution >= 0.6 is 0 Å². The average Bonchev–Trinajstić information content (AvgIpc) is 3.10. The van der Waals surface area contributed by atoms with Gasteiger partial charge in [-0.1, -0.05) is 18.6 Å². The lowest BCUT2D eigenvalue weighted by atomic mass is 9.98. The van der Waals surface area contributed by atoms with Crippen LogP contribution in [0, 0.1) is 5.82 Å². The monoisotopic (exact) mass is 381 g/mol. The number of likely N-dealkylation sites (N-methyl/N-ethyl adjacent to an activating group) is 1. The molecule has 148 valence electrons. The molecule has 5 heteroatoms.